The molecule has 0 spiro atoms. The van der Waals surface area contributed by atoms with Crippen molar-refractivity contribution in [2.24, 2.45) is 0 Å². The molecule has 1 aliphatic rings. The molecule has 3 aromatic carbocycles. The SMILES string of the molecule is COc1cc(C=C2C(=O)N(c3ccccc3)C(=S)N(c3ccccc3)C2=O)cc(I)c1OC(C)C. The molecule has 8 heteroatoms. The molecule has 4 rings (SSSR count). The largest absolute Gasteiger partial charge is 0.493 e. The minimum Gasteiger partial charge on any atom is -0.493 e. The van der Waals surface area contributed by atoms with Gasteiger partial charge in [0, 0.05) is 0 Å². The van der Waals surface area contributed by atoms with Gasteiger partial charge >= 0.3 is 0 Å². The highest BCUT2D eigenvalue weighted by atomic mass is 127. The van der Waals surface area contributed by atoms with Crippen LogP contribution in [0.4, 0.5) is 11.4 Å². The summed E-state index contributed by atoms with van der Waals surface area (Å²) < 4.78 is 12.2. The standard InChI is InChI=1S/C27H23IN2O4S/c1-17(2)34-24-22(28)15-18(16-23(24)33-3)14-21-25(31)29(19-10-6-4-7-11-19)27(35)30(26(21)32)20-12-8-5-9-13-20/h4-17H,1-3H3. The Morgan fingerprint density at radius 2 is 1.40 bits per heavy atom. The molecule has 0 saturated carbocycles. The van der Waals surface area contributed by atoms with Gasteiger partial charge in [0.15, 0.2) is 16.6 Å². The van der Waals surface area contributed by atoms with E-state index in [1.165, 1.54) is 9.80 Å². The fraction of sp³-hybridized carbons (Fsp3) is 0.148. The molecule has 1 heterocycles. The minimum absolute atomic E-state index is 0.0123. The number of ether oxygens (including phenoxy) is 2. The van der Waals surface area contributed by atoms with Crippen molar-refractivity contribution < 1.29 is 19.1 Å². The van der Waals surface area contributed by atoms with Gasteiger partial charge in [-0.25, -0.2) is 0 Å². The lowest BCUT2D eigenvalue weighted by molar-refractivity contribution is -0.120. The van der Waals surface area contributed by atoms with E-state index in [0.29, 0.717) is 28.4 Å². The highest BCUT2D eigenvalue weighted by Crippen LogP contribution is 2.36. The predicted octanol–water partition coefficient (Wildman–Crippen LogP) is 5.84. The first-order chi connectivity index (χ1) is 16.8. The van der Waals surface area contributed by atoms with Gasteiger partial charge in [0.05, 0.1) is 28.2 Å². The molecule has 2 amide bonds. The Morgan fingerprint density at radius 3 is 1.86 bits per heavy atom. The zero-order chi connectivity index (χ0) is 25.1. The van der Waals surface area contributed by atoms with Gasteiger partial charge in [-0.15, -0.1) is 0 Å². The smallest absolute Gasteiger partial charge is 0.270 e. The third-order valence-corrected chi connectivity index (χ3v) is 6.36. The number of methoxy groups -OCH3 is 1. The van der Waals surface area contributed by atoms with Crippen LogP contribution in [0.1, 0.15) is 19.4 Å². The maximum atomic E-state index is 13.6. The molecule has 0 N–H and O–H groups in total. The Bertz CT molecular complexity index is 1250. The van der Waals surface area contributed by atoms with Crippen molar-refractivity contribution in [2.45, 2.75) is 20.0 Å². The fourth-order valence-electron chi connectivity index (χ4n) is 3.68. The summed E-state index contributed by atoms with van der Waals surface area (Å²) in [7, 11) is 1.55. The molecule has 0 aliphatic carbocycles. The van der Waals surface area contributed by atoms with Crippen LogP contribution in [0.3, 0.4) is 0 Å². The molecule has 35 heavy (non-hydrogen) atoms. The third kappa shape index (κ3) is 5.08. The molecule has 0 bridgehead atoms. The quantitative estimate of drug-likeness (QED) is 0.155. The number of carbonyl (C=O) groups excluding carboxylic acids is 2. The van der Waals surface area contributed by atoms with Crippen molar-refractivity contribution in [1.82, 2.24) is 0 Å². The molecule has 3 aromatic rings. The zero-order valence-corrected chi connectivity index (χ0v) is 22.4. The molecule has 1 fully saturated rings. The molecule has 0 radical (unpaired) electrons. The van der Waals surface area contributed by atoms with E-state index in [1.54, 1.807) is 43.5 Å². The molecule has 1 saturated heterocycles. The number of thiocarbonyl (C=S) groups is 1. The van der Waals surface area contributed by atoms with Crippen LogP contribution in [0.15, 0.2) is 78.4 Å². The lowest BCUT2D eigenvalue weighted by Crippen LogP contribution is -2.56. The van der Waals surface area contributed by atoms with Crippen molar-refractivity contribution in [3.63, 3.8) is 0 Å². The summed E-state index contributed by atoms with van der Waals surface area (Å²) in [6.07, 6.45) is 1.53. The number of benzene rings is 3. The van der Waals surface area contributed by atoms with Gasteiger partial charge in [0.25, 0.3) is 11.8 Å². The van der Waals surface area contributed by atoms with Gasteiger partial charge in [-0.1, -0.05) is 36.4 Å². The fourth-order valence-corrected chi connectivity index (χ4v) is 4.81. The Balaban J connectivity index is 1.85. The van der Waals surface area contributed by atoms with E-state index in [2.05, 4.69) is 22.6 Å². The van der Waals surface area contributed by atoms with Gasteiger partial charge < -0.3 is 9.47 Å². The van der Waals surface area contributed by atoms with Gasteiger partial charge in [-0.3, -0.25) is 19.4 Å². The lowest BCUT2D eigenvalue weighted by atomic mass is 10.0. The molecule has 1 aliphatic heterocycles. The Morgan fingerprint density at radius 1 is 0.886 bits per heavy atom. The number of nitrogens with zero attached hydrogens (tertiary/aromatic N) is 2. The van der Waals surface area contributed by atoms with Gasteiger partial charge in [-0.2, -0.15) is 0 Å². The van der Waals surface area contributed by atoms with Crippen molar-refractivity contribution in [1.29, 1.82) is 0 Å². The number of amides is 2. The second-order valence-corrected chi connectivity index (χ2v) is 9.52. The second kappa shape index (κ2) is 10.6. The first-order valence-electron chi connectivity index (χ1n) is 10.9. The van der Waals surface area contributed by atoms with E-state index in [0.717, 1.165) is 3.57 Å². The molecule has 0 unspecified atom stereocenters. The summed E-state index contributed by atoms with van der Waals surface area (Å²) in [5.74, 6) is 0.151. The van der Waals surface area contributed by atoms with Gasteiger partial charge in [0.2, 0.25) is 0 Å². The maximum absolute atomic E-state index is 13.6. The van der Waals surface area contributed by atoms with Crippen LogP contribution >= 0.6 is 34.8 Å². The highest BCUT2D eigenvalue weighted by molar-refractivity contribution is 14.1. The predicted molar refractivity (Wildman–Crippen MR) is 150 cm³/mol. The second-order valence-electron chi connectivity index (χ2n) is 7.99. The Hall–Kier alpha value is -3.24. The van der Waals surface area contributed by atoms with Crippen LogP contribution in [0, 0.1) is 3.57 Å². The molecule has 0 atom stereocenters. The van der Waals surface area contributed by atoms with Crippen molar-refractivity contribution in [3.8, 4) is 11.5 Å². The summed E-state index contributed by atoms with van der Waals surface area (Å²) in [5.41, 5.74) is 1.78. The number of hydrogen-bond acceptors (Lipinski definition) is 5. The number of carbonyl (C=O) groups is 2. The van der Waals surface area contributed by atoms with Crippen molar-refractivity contribution in [3.05, 3.63) is 87.5 Å². The molecular formula is C27H23IN2O4S. The number of rotatable bonds is 6. The monoisotopic (exact) mass is 598 g/mol. The van der Waals surface area contributed by atoms with Crippen molar-refractivity contribution in [2.75, 3.05) is 16.9 Å². The average molecular weight is 598 g/mol. The Kier molecular flexibility index (Phi) is 7.51. The summed E-state index contributed by atoms with van der Waals surface area (Å²) in [6.45, 7) is 3.87. The molecule has 0 aromatic heterocycles. The van der Waals surface area contributed by atoms with E-state index in [4.69, 9.17) is 21.7 Å². The normalized spacial score (nSPS) is 14.0. The molecule has 178 valence electrons. The lowest BCUT2D eigenvalue weighted by Gasteiger charge is -2.36. The average Bonchev–Trinajstić information content (AvgIpc) is 2.84. The third-order valence-electron chi connectivity index (χ3n) is 5.19. The van der Waals surface area contributed by atoms with Crippen LogP contribution in [0.25, 0.3) is 6.08 Å². The topological polar surface area (TPSA) is 59.1 Å². The van der Waals surface area contributed by atoms with Crippen LogP contribution < -0.4 is 19.3 Å². The molecule has 6 nitrogen and oxygen atoms in total. The number of halogens is 1. The van der Waals surface area contributed by atoms with E-state index < -0.39 is 11.8 Å². The van der Waals surface area contributed by atoms with Crippen LogP contribution in [-0.4, -0.2) is 30.1 Å². The number of anilines is 2. The summed E-state index contributed by atoms with van der Waals surface area (Å²) in [4.78, 5) is 30.1. The Labute approximate surface area is 223 Å². The molecular weight excluding hydrogens is 575 g/mol. The van der Waals surface area contributed by atoms with Crippen LogP contribution in [-0.2, 0) is 9.59 Å². The van der Waals surface area contributed by atoms with Gasteiger partial charge in [0.1, 0.15) is 5.57 Å². The van der Waals surface area contributed by atoms with Crippen molar-refractivity contribution >= 4 is 69.2 Å². The summed E-state index contributed by atoms with van der Waals surface area (Å²) in [6, 6.07) is 21.7. The van der Waals surface area contributed by atoms with Crippen LogP contribution in [0.2, 0.25) is 0 Å². The summed E-state index contributed by atoms with van der Waals surface area (Å²) in [5, 5.41) is 0.0994. The van der Waals surface area contributed by atoms with Crippen LogP contribution in [0.5, 0.6) is 11.5 Å². The van der Waals surface area contributed by atoms with Gasteiger partial charge in [-0.05, 0) is 96.7 Å². The summed E-state index contributed by atoms with van der Waals surface area (Å²) >= 11 is 7.80. The van der Waals surface area contributed by atoms with E-state index in [-0.39, 0.29) is 16.8 Å². The first kappa shape index (κ1) is 24.9. The highest BCUT2D eigenvalue weighted by Gasteiger charge is 2.41. The minimum atomic E-state index is -0.491. The number of para-hydroxylation sites is 2. The van der Waals surface area contributed by atoms with E-state index >= 15 is 0 Å². The van der Waals surface area contributed by atoms with E-state index in [9.17, 15) is 9.59 Å². The first-order valence-corrected chi connectivity index (χ1v) is 12.4. The maximum Gasteiger partial charge on any atom is 0.270 e. The van der Waals surface area contributed by atoms with E-state index in [1.807, 2.05) is 56.3 Å². The number of hydrogen-bond donors (Lipinski definition) is 0. The zero-order valence-electron chi connectivity index (χ0n) is 19.4.